The van der Waals surface area contributed by atoms with Crippen LogP contribution in [0.4, 0.5) is 0 Å². The number of likely N-dealkylation sites (tertiary alicyclic amines) is 2. The summed E-state index contributed by atoms with van der Waals surface area (Å²) < 4.78 is 3.71. The van der Waals surface area contributed by atoms with E-state index in [0.29, 0.717) is 30.7 Å². The van der Waals surface area contributed by atoms with Crippen LogP contribution in [0.3, 0.4) is 0 Å². The normalized spacial score (nSPS) is 26.5. The van der Waals surface area contributed by atoms with E-state index >= 15 is 0 Å². The summed E-state index contributed by atoms with van der Waals surface area (Å²) in [6.45, 7) is 6.83. The molecule has 4 heterocycles. The lowest BCUT2D eigenvalue weighted by atomic mass is 9.75. The van der Waals surface area contributed by atoms with Gasteiger partial charge in [0.1, 0.15) is 5.69 Å². The summed E-state index contributed by atoms with van der Waals surface area (Å²) >= 11 is 0. The average molecular weight is 411 g/mol. The fourth-order valence-corrected chi connectivity index (χ4v) is 5.06. The molecule has 0 bridgehead atoms. The Morgan fingerprint density at radius 2 is 2.13 bits per heavy atom. The minimum atomic E-state index is -0.574. The van der Waals surface area contributed by atoms with Gasteiger partial charge in [-0.1, -0.05) is 0 Å². The lowest BCUT2D eigenvalue weighted by Crippen LogP contribution is -2.41. The van der Waals surface area contributed by atoms with Gasteiger partial charge in [0.05, 0.1) is 17.4 Å². The number of hydrogen-bond acceptors (Lipinski definition) is 4. The van der Waals surface area contributed by atoms with Crippen molar-refractivity contribution in [1.29, 1.82) is 0 Å². The molecule has 8 heteroatoms. The van der Waals surface area contributed by atoms with Gasteiger partial charge in [0, 0.05) is 57.6 Å². The number of carbonyl (C=O) groups is 2. The van der Waals surface area contributed by atoms with Gasteiger partial charge in [-0.15, -0.1) is 0 Å². The van der Waals surface area contributed by atoms with Crippen molar-refractivity contribution in [3.05, 3.63) is 36.2 Å². The molecule has 0 unspecified atom stereocenters. The van der Waals surface area contributed by atoms with Gasteiger partial charge >= 0.3 is 0 Å². The molecule has 0 N–H and O–H groups in total. The molecule has 8 nitrogen and oxygen atoms in total. The average Bonchev–Trinajstić information content (AvgIpc) is 3.08. The van der Waals surface area contributed by atoms with Crippen LogP contribution < -0.4 is 0 Å². The molecule has 1 spiro atoms. The number of aryl methyl sites for hydroxylation is 1. The van der Waals surface area contributed by atoms with Gasteiger partial charge in [0.25, 0.3) is 5.91 Å². The number of nitrogens with zero attached hydrogens (tertiary/aromatic N) is 6. The number of carbonyl (C=O) groups excluding carboxylic acids is 2. The second-order valence-electron chi connectivity index (χ2n) is 9.55. The SMILES string of the molecule is CC(C)n1cnc([C@@H]2CN(C(=O)c3ccn(C)n3)C[C@@]23CCN(CC2CC2)C3=O)c1. The molecule has 0 radical (unpaired) electrons. The first-order valence-electron chi connectivity index (χ1n) is 11.0. The maximum Gasteiger partial charge on any atom is 0.274 e. The second-order valence-corrected chi connectivity index (χ2v) is 9.55. The van der Waals surface area contributed by atoms with Crippen molar-refractivity contribution in [3.8, 4) is 0 Å². The summed E-state index contributed by atoms with van der Waals surface area (Å²) in [5.41, 5.74) is 0.776. The van der Waals surface area contributed by atoms with Crippen LogP contribution in [-0.4, -0.2) is 67.1 Å². The third kappa shape index (κ3) is 3.13. The van der Waals surface area contributed by atoms with Gasteiger partial charge in [0.2, 0.25) is 5.91 Å². The fourth-order valence-electron chi connectivity index (χ4n) is 5.06. The molecule has 5 rings (SSSR count). The van der Waals surface area contributed by atoms with Crippen LogP contribution in [0, 0.1) is 11.3 Å². The van der Waals surface area contributed by atoms with Crippen LogP contribution in [0.5, 0.6) is 0 Å². The van der Waals surface area contributed by atoms with Crippen molar-refractivity contribution >= 4 is 11.8 Å². The molecule has 1 saturated carbocycles. The predicted octanol–water partition coefficient (Wildman–Crippen LogP) is 2.07. The Balaban J connectivity index is 1.47. The molecule has 3 aliphatic rings. The van der Waals surface area contributed by atoms with Crippen molar-refractivity contribution in [1.82, 2.24) is 29.1 Å². The number of amides is 2. The Bertz CT molecular complexity index is 974. The van der Waals surface area contributed by atoms with E-state index in [-0.39, 0.29) is 17.7 Å². The summed E-state index contributed by atoms with van der Waals surface area (Å²) in [6.07, 6.45) is 8.91. The van der Waals surface area contributed by atoms with E-state index in [0.717, 1.165) is 25.2 Å². The molecular weight excluding hydrogens is 380 g/mol. The zero-order valence-corrected chi connectivity index (χ0v) is 18.0. The minimum Gasteiger partial charge on any atom is -0.342 e. The Hall–Kier alpha value is -2.64. The zero-order chi connectivity index (χ0) is 21.0. The third-order valence-corrected chi connectivity index (χ3v) is 7.05. The predicted molar refractivity (Wildman–Crippen MR) is 111 cm³/mol. The maximum absolute atomic E-state index is 13.7. The van der Waals surface area contributed by atoms with Crippen molar-refractivity contribution in [2.24, 2.45) is 18.4 Å². The highest BCUT2D eigenvalue weighted by atomic mass is 16.2. The fraction of sp³-hybridized carbons (Fsp3) is 0.636. The summed E-state index contributed by atoms with van der Waals surface area (Å²) in [4.78, 5) is 35.4. The lowest BCUT2D eigenvalue weighted by molar-refractivity contribution is -0.136. The minimum absolute atomic E-state index is 0.0816. The molecule has 2 atom stereocenters. The summed E-state index contributed by atoms with van der Waals surface area (Å²) in [5.74, 6) is 0.682. The largest absolute Gasteiger partial charge is 0.342 e. The summed E-state index contributed by atoms with van der Waals surface area (Å²) in [6, 6.07) is 2.05. The number of imidazole rings is 1. The van der Waals surface area contributed by atoms with Gasteiger partial charge in [-0.2, -0.15) is 5.10 Å². The molecule has 2 aromatic heterocycles. The van der Waals surface area contributed by atoms with E-state index in [9.17, 15) is 9.59 Å². The van der Waals surface area contributed by atoms with Crippen LogP contribution in [0.2, 0.25) is 0 Å². The third-order valence-electron chi connectivity index (χ3n) is 7.05. The molecule has 30 heavy (non-hydrogen) atoms. The van der Waals surface area contributed by atoms with Gasteiger partial charge in [0.15, 0.2) is 0 Å². The van der Waals surface area contributed by atoms with E-state index < -0.39 is 5.41 Å². The van der Waals surface area contributed by atoms with E-state index in [1.165, 1.54) is 12.8 Å². The molecule has 2 saturated heterocycles. The highest BCUT2D eigenvalue weighted by molar-refractivity contribution is 5.94. The molecule has 160 valence electrons. The number of aromatic nitrogens is 4. The van der Waals surface area contributed by atoms with Gasteiger partial charge in [-0.05, 0) is 45.1 Å². The molecule has 0 aromatic carbocycles. The van der Waals surface area contributed by atoms with E-state index in [4.69, 9.17) is 0 Å². The first-order valence-corrected chi connectivity index (χ1v) is 11.0. The van der Waals surface area contributed by atoms with Gasteiger partial charge in [-0.3, -0.25) is 14.3 Å². The van der Waals surface area contributed by atoms with Crippen molar-refractivity contribution in [3.63, 3.8) is 0 Å². The van der Waals surface area contributed by atoms with Crippen LogP contribution in [0.25, 0.3) is 0 Å². The molecule has 2 aromatic rings. The highest BCUT2D eigenvalue weighted by Crippen LogP contribution is 2.50. The van der Waals surface area contributed by atoms with Gasteiger partial charge < -0.3 is 14.4 Å². The summed E-state index contributed by atoms with van der Waals surface area (Å²) in [5, 5.41) is 4.29. The van der Waals surface area contributed by atoms with Crippen molar-refractivity contribution < 1.29 is 9.59 Å². The maximum atomic E-state index is 13.7. The Morgan fingerprint density at radius 3 is 2.77 bits per heavy atom. The Labute approximate surface area is 176 Å². The van der Waals surface area contributed by atoms with Crippen LogP contribution in [0.15, 0.2) is 24.8 Å². The van der Waals surface area contributed by atoms with Crippen molar-refractivity contribution in [2.75, 3.05) is 26.2 Å². The number of rotatable bonds is 5. The molecular formula is C22H30N6O2. The van der Waals surface area contributed by atoms with Crippen molar-refractivity contribution in [2.45, 2.75) is 45.1 Å². The molecule has 2 amide bonds. The highest BCUT2D eigenvalue weighted by Gasteiger charge is 2.59. The van der Waals surface area contributed by atoms with Crippen LogP contribution in [-0.2, 0) is 11.8 Å². The van der Waals surface area contributed by atoms with Crippen LogP contribution >= 0.6 is 0 Å². The molecule has 2 aliphatic heterocycles. The summed E-state index contributed by atoms with van der Waals surface area (Å²) in [7, 11) is 1.81. The first kappa shape index (κ1) is 19.3. The van der Waals surface area contributed by atoms with Gasteiger partial charge in [-0.25, -0.2) is 4.98 Å². The quantitative estimate of drug-likeness (QED) is 0.756. The monoisotopic (exact) mass is 410 g/mol. The molecule has 3 fully saturated rings. The standard InChI is InChI=1S/C22H30N6O2/c1-15(2)28-12-19(23-14-28)17-11-27(20(29)18-6-8-25(3)24-18)13-22(17)7-9-26(21(22)30)10-16-4-5-16/h6,8,12,14-17H,4-5,7,9-11,13H2,1-3H3/t17-,22-/m0/s1. The second kappa shape index (κ2) is 6.96. The lowest BCUT2D eigenvalue weighted by Gasteiger charge is -2.27. The number of hydrogen-bond donors (Lipinski definition) is 0. The van der Waals surface area contributed by atoms with E-state index in [1.54, 1.807) is 24.0 Å². The van der Waals surface area contributed by atoms with Crippen LogP contribution in [0.1, 0.15) is 61.3 Å². The first-order chi connectivity index (χ1) is 14.4. The zero-order valence-electron chi connectivity index (χ0n) is 18.0. The van der Waals surface area contributed by atoms with E-state index in [1.807, 2.05) is 16.1 Å². The molecule has 1 aliphatic carbocycles. The van der Waals surface area contributed by atoms with E-state index in [2.05, 4.69) is 34.7 Å². The topological polar surface area (TPSA) is 76.3 Å². The Morgan fingerprint density at radius 1 is 1.33 bits per heavy atom. The smallest absolute Gasteiger partial charge is 0.274 e. The Kier molecular flexibility index (Phi) is 4.48.